The zero-order chi connectivity index (χ0) is 13.7. The van der Waals surface area contributed by atoms with Crippen LogP contribution in [0.15, 0.2) is 24.3 Å². The highest BCUT2D eigenvalue weighted by molar-refractivity contribution is 5.94. The first kappa shape index (κ1) is 13.6. The summed E-state index contributed by atoms with van der Waals surface area (Å²) in [5.41, 5.74) is 6.67. The fourth-order valence-electron chi connectivity index (χ4n) is 2.60. The molecule has 1 fully saturated rings. The number of aryl methyl sites for hydroxylation is 1. The van der Waals surface area contributed by atoms with E-state index < -0.39 is 5.91 Å². The smallest absolute Gasteiger partial charge is 0.248 e. The summed E-state index contributed by atoms with van der Waals surface area (Å²) < 4.78 is 0. The number of rotatable bonds is 5. The average Bonchev–Trinajstić information content (AvgIpc) is 2.89. The van der Waals surface area contributed by atoms with Crippen molar-refractivity contribution in [3.63, 3.8) is 0 Å². The molecule has 0 saturated heterocycles. The van der Waals surface area contributed by atoms with Crippen LogP contribution in [0.4, 0.5) is 0 Å². The number of carbonyl (C=O) groups excluding carboxylic acids is 2. The van der Waals surface area contributed by atoms with Crippen molar-refractivity contribution in [2.24, 2.45) is 5.73 Å². The van der Waals surface area contributed by atoms with Crippen molar-refractivity contribution >= 4 is 11.8 Å². The Morgan fingerprint density at radius 1 is 1.21 bits per heavy atom. The van der Waals surface area contributed by atoms with Gasteiger partial charge in [0.15, 0.2) is 0 Å². The van der Waals surface area contributed by atoms with E-state index in [4.69, 9.17) is 5.73 Å². The van der Waals surface area contributed by atoms with Gasteiger partial charge in [-0.05, 0) is 30.9 Å². The van der Waals surface area contributed by atoms with Crippen molar-refractivity contribution in [2.45, 2.75) is 44.6 Å². The number of hydrogen-bond acceptors (Lipinski definition) is 2. The third-order valence-electron chi connectivity index (χ3n) is 3.62. The van der Waals surface area contributed by atoms with Gasteiger partial charge in [0.1, 0.15) is 0 Å². The van der Waals surface area contributed by atoms with Gasteiger partial charge < -0.3 is 11.1 Å². The van der Waals surface area contributed by atoms with Crippen LogP contribution in [0.25, 0.3) is 0 Å². The molecule has 1 aromatic carbocycles. The van der Waals surface area contributed by atoms with Gasteiger partial charge in [0.2, 0.25) is 11.8 Å². The predicted molar refractivity (Wildman–Crippen MR) is 73.7 cm³/mol. The molecule has 1 aliphatic carbocycles. The number of hydrogen-bond donors (Lipinski definition) is 2. The molecule has 1 aromatic rings. The number of benzene rings is 1. The second-order valence-electron chi connectivity index (χ2n) is 5.07. The molecular formula is C15H20N2O2. The fourth-order valence-corrected chi connectivity index (χ4v) is 2.60. The first-order valence-electron chi connectivity index (χ1n) is 6.84. The zero-order valence-corrected chi connectivity index (χ0v) is 11.0. The molecule has 2 amide bonds. The molecule has 1 saturated carbocycles. The van der Waals surface area contributed by atoms with Crippen molar-refractivity contribution in [3.05, 3.63) is 35.4 Å². The van der Waals surface area contributed by atoms with Crippen LogP contribution in [0.2, 0.25) is 0 Å². The molecule has 0 aromatic heterocycles. The molecule has 0 heterocycles. The predicted octanol–water partition coefficient (Wildman–Crippen LogP) is 1.78. The molecule has 102 valence electrons. The van der Waals surface area contributed by atoms with Gasteiger partial charge >= 0.3 is 0 Å². The maximum Gasteiger partial charge on any atom is 0.248 e. The highest BCUT2D eigenvalue weighted by atomic mass is 16.2. The molecule has 2 rings (SSSR count). The molecule has 0 atom stereocenters. The summed E-state index contributed by atoms with van der Waals surface area (Å²) in [7, 11) is 0. The Morgan fingerprint density at radius 3 is 2.58 bits per heavy atom. The third-order valence-corrected chi connectivity index (χ3v) is 3.62. The van der Waals surface area contributed by atoms with Crippen LogP contribution in [0.1, 0.15) is 48.0 Å². The molecule has 1 aliphatic rings. The topological polar surface area (TPSA) is 72.2 Å². The van der Waals surface area contributed by atoms with Crippen LogP contribution in [0, 0.1) is 0 Å². The monoisotopic (exact) mass is 260 g/mol. The molecule has 4 nitrogen and oxygen atoms in total. The lowest BCUT2D eigenvalue weighted by Crippen LogP contribution is -2.32. The van der Waals surface area contributed by atoms with Crippen LogP contribution in [0.3, 0.4) is 0 Å². The summed E-state index contributed by atoms with van der Waals surface area (Å²) in [5, 5.41) is 3.04. The van der Waals surface area contributed by atoms with Gasteiger partial charge in [-0.2, -0.15) is 0 Å². The van der Waals surface area contributed by atoms with E-state index in [-0.39, 0.29) is 5.91 Å². The minimum Gasteiger partial charge on any atom is -0.366 e. The maximum absolute atomic E-state index is 11.8. The van der Waals surface area contributed by atoms with Crippen molar-refractivity contribution < 1.29 is 9.59 Å². The number of carbonyl (C=O) groups is 2. The molecule has 0 spiro atoms. The SMILES string of the molecule is NC(=O)c1ccccc1CCC(=O)NC1CCCC1. The normalized spacial score (nSPS) is 15.4. The molecule has 0 radical (unpaired) electrons. The van der Waals surface area contributed by atoms with Crippen molar-refractivity contribution in [3.8, 4) is 0 Å². The number of primary amides is 1. The van der Waals surface area contributed by atoms with Crippen LogP contribution in [-0.2, 0) is 11.2 Å². The van der Waals surface area contributed by atoms with Gasteiger partial charge in [-0.15, -0.1) is 0 Å². The quantitative estimate of drug-likeness (QED) is 0.847. The summed E-state index contributed by atoms with van der Waals surface area (Å²) in [5.74, 6) is -0.377. The van der Waals surface area contributed by atoms with E-state index in [1.165, 1.54) is 12.8 Å². The lowest BCUT2D eigenvalue weighted by atomic mass is 10.0. The summed E-state index contributed by atoms with van der Waals surface area (Å²) >= 11 is 0. The van der Waals surface area contributed by atoms with Crippen LogP contribution < -0.4 is 11.1 Å². The van der Waals surface area contributed by atoms with E-state index in [9.17, 15) is 9.59 Å². The molecule has 4 heteroatoms. The minimum atomic E-state index is -0.438. The minimum absolute atomic E-state index is 0.0613. The van der Waals surface area contributed by atoms with Crippen molar-refractivity contribution in [1.29, 1.82) is 0 Å². The first-order valence-corrected chi connectivity index (χ1v) is 6.84. The van der Waals surface area contributed by atoms with E-state index in [1.807, 2.05) is 12.1 Å². The Bertz CT molecular complexity index is 465. The van der Waals surface area contributed by atoms with E-state index in [2.05, 4.69) is 5.32 Å². The summed E-state index contributed by atoms with van der Waals surface area (Å²) in [6, 6.07) is 7.54. The van der Waals surface area contributed by atoms with Crippen molar-refractivity contribution in [2.75, 3.05) is 0 Å². The molecule has 3 N–H and O–H groups in total. The molecular weight excluding hydrogens is 240 g/mol. The molecule has 0 bridgehead atoms. The van der Waals surface area contributed by atoms with Crippen LogP contribution in [-0.4, -0.2) is 17.9 Å². The second-order valence-corrected chi connectivity index (χ2v) is 5.07. The van der Waals surface area contributed by atoms with Gasteiger partial charge in [0.05, 0.1) is 0 Å². The third kappa shape index (κ3) is 3.81. The maximum atomic E-state index is 11.8. The number of nitrogens with two attached hydrogens (primary N) is 1. The van der Waals surface area contributed by atoms with Crippen LogP contribution in [0.5, 0.6) is 0 Å². The lowest BCUT2D eigenvalue weighted by Gasteiger charge is -2.12. The van der Waals surface area contributed by atoms with Crippen LogP contribution >= 0.6 is 0 Å². The Labute approximate surface area is 113 Å². The Balaban J connectivity index is 1.87. The zero-order valence-electron chi connectivity index (χ0n) is 11.0. The van der Waals surface area contributed by atoms with Gasteiger partial charge in [0, 0.05) is 18.0 Å². The lowest BCUT2D eigenvalue weighted by molar-refractivity contribution is -0.121. The summed E-state index contributed by atoms with van der Waals surface area (Å²) in [4.78, 5) is 23.1. The van der Waals surface area contributed by atoms with Crippen molar-refractivity contribution in [1.82, 2.24) is 5.32 Å². The van der Waals surface area contributed by atoms with E-state index >= 15 is 0 Å². The second kappa shape index (κ2) is 6.36. The fraction of sp³-hybridized carbons (Fsp3) is 0.467. The first-order chi connectivity index (χ1) is 9.16. The van der Waals surface area contributed by atoms with Gasteiger partial charge in [-0.25, -0.2) is 0 Å². The van der Waals surface area contributed by atoms with Gasteiger partial charge in [-0.3, -0.25) is 9.59 Å². The van der Waals surface area contributed by atoms with Gasteiger partial charge in [0.25, 0.3) is 0 Å². The molecule has 0 aliphatic heterocycles. The highest BCUT2D eigenvalue weighted by Gasteiger charge is 2.17. The van der Waals surface area contributed by atoms with E-state index in [1.54, 1.807) is 12.1 Å². The number of nitrogens with one attached hydrogen (secondary N) is 1. The van der Waals surface area contributed by atoms with E-state index in [0.717, 1.165) is 18.4 Å². The standard InChI is InChI=1S/C15H20N2O2/c16-15(19)13-8-4-1-5-11(13)9-10-14(18)17-12-6-2-3-7-12/h1,4-5,8,12H,2-3,6-7,9-10H2,(H2,16,19)(H,17,18). The summed E-state index contributed by atoms with van der Waals surface area (Å²) in [6.45, 7) is 0. The van der Waals surface area contributed by atoms with Gasteiger partial charge in [-0.1, -0.05) is 31.0 Å². The number of amides is 2. The largest absolute Gasteiger partial charge is 0.366 e. The van der Waals surface area contributed by atoms with E-state index in [0.29, 0.717) is 24.4 Å². The average molecular weight is 260 g/mol. The Morgan fingerprint density at radius 2 is 1.89 bits per heavy atom. The molecule has 0 unspecified atom stereocenters. The highest BCUT2D eigenvalue weighted by Crippen LogP contribution is 2.18. The Kier molecular flexibility index (Phi) is 4.55. The Hall–Kier alpha value is -1.84. The summed E-state index contributed by atoms with van der Waals surface area (Å²) in [6.07, 6.45) is 5.54. The molecule has 19 heavy (non-hydrogen) atoms.